The number of hydrogen-bond donors (Lipinski definition) is 1. The zero-order valence-electron chi connectivity index (χ0n) is 10.9. The minimum Gasteiger partial charge on any atom is -0.388 e. The fourth-order valence-electron chi connectivity index (χ4n) is 2.50. The highest BCUT2D eigenvalue weighted by atomic mass is 19.4. The van der Waals surface area contributed by atoms with E-state index in [1.54, 1.807) is 13.8 Å². The summed E-state index contributed by atoms with van der Waals surface area (Å²) in [4.78, 5) is 5.76. The minimum atomic E-state index is -4.37. The molecule has 1 saturated heterocycles. The van der Waals surface area contributed by atoms with E-state index in [2.05, 4.69) is 4.98 Å². The van der Waals surface area contributed by atoms with E-state index in [0.717, 1.165) is 25.1 Å². The molecule has 0 bridgehead atoms. The van der Waals surface area contributed by atoms with Crippen molar-refractivity contribution in [2.75, 3.05) is 11.4 Å². The highest BCUT2D eigenvalue weighted by molar-refractivity contribution is 5.43. The third-order valence-corrected chi connectivity index (χ3v) is 3.44. The molecule has 1 aromatic heterocycles. The Labute approximate surface area is 110 Å². The van der Waals surface area contributed by atoms with Gasteiger partial charge in [-0.15, -0.1) is 0 Å². The van der Waals surface area contributed by atoms with Crippen molar-refractivity contribution in [1.29, 1.82) is 0 Å². The van der Waals surface area contributed by atoms with Crippen molar-refractivity contribution in [3.05, 3.63) is 23.9 Å². The van der Waals surface area contributed by atoms with Gasteiger partial charge in [0.15, 0.2) is 0 Å². The largest absolute Gasteiger partial charge is 0.417 e. The summed E-state index contributed by atoms with van der Waals surface area (Å²) < 4.78 is 37.4. The number of anilines is 1. The van der Waals surface area contributed by atoms with Crippen LogP contribution in [0.15, 0.2) is 18.3 Å². The van der Waals surface area contributed by atoms with E-state index in [1.165, 1.54) is 6.07 Å². The van der Waals surface area contributed by atoms with Crippen molar-refractivity contribution in [2.45, 2.75) is 44.5 Å². The molecule has 0 aliphatic carbocycles. The molecule has 1 aliphatic rings. The van der Waals surface area contributed by atoms with Crippen molar-refractivity contribution in [1.82, 2.24) is 4.98 Å². The lowest BCUT2D eigenvalue weighted by atomic mass is 9.97. The smallest absolute Gasteiger partial charge is 0.388 e. The summed E-state index contributed by atoms with van der Waals surface area (Å²) in [7, 11) is 0. The van der Waals surface area contributed by atoms with Crippen LogP contribution in [0.3, 0.4) is 0 Å². The fourth-order valence-corrected chi connectivity index (χ4v) is 2.50. The number of rotatable bonds is 2. The van der Waals surface area contributed by atoms with Crippen LogP contribution >= 0.6 is 0 Å². The zero-order valence-corrected chi connectivity index (χ0v) is 10.9. The summed E-state index contributed by atoms with van der Waals surface area (Å²) in [6.45, 7) is 4.12. The van der Waals surface area contributed by atoms with E-state index in [4.69, 9.17) is 0 Å². The molecule has 3 nitrogen and oxygen atoms in total. The van der Waals surface area contributed by atoms with E-state index >= 15 is 0 Å². The van der Waals surface area contributed by atoms with Gasteiger partial charge in [-0.3, -0.25) is 0 Å². The van der Waals surface area contributed by atoms with E-state index in [1.807, 2.05) is 4.90 Å². The molecule has 1 N–H and O–H groups in total. The molecule has 1 fully saturated rings. The molecule has 2 heterocycles. The first kappa shape index (κ1) is 14.1. The second-order valence-electron chi connectivity index (χ2n) is 5.41. The monoisotopic (exact) mass is 274 g/mol. The zero-order chi connectivity index (χ0) is 14.3. The Morgan fingerprint density at radius 2 is 2.00 bits per heavy atom. The number of aliphatic hydroxyl groups is 1. The highest BCUT2D eigenvalue weighted by Crippen LogP contribution is 2.33. The Balaban J connectivity index is 2.23. The summed E-state index contributed by atoms with van der Waals surface area (Å²) in [5.41, 5.74) is -1.66. The van der Waals surface area contributed by atoms with Gasteiger partial charge in [0.1, 0.15) is 5.82 Å². The number of pyridine rings is 1. The third-order valence-electron chi connectivity index (χ3n) is 3.44. The van der Waals surface area contributed by atoms with Crippen molar-refractivity contribution < 1.29 is 18.3 Å². The van der Waals surface area contributed by atoms with Crippen LogP contribution in [-0.2, 0) is 6.18 Å². The Bertz CT molecular complexity index is 437. The third kappa shape index (κ3) is 3.00. The summed E-state index contributed by atoms with van der Waals surface area (Å²) in [6, 6.07) is 2.28. The molecule has 0 saturated carbocycles. The lowest BCUT2D eigenvalue weighted by Crippen LogP contribution is -2.46. The predicted octanol–water partition coefficient (Wildman–Crippen LogP) is 2.84. The molecule has 0 spiro atoms. The fraction of sp³-hybridized carbons (Fsp3) is 0.615. The van der Waals surface area contributed by atoms with Crippen molar-refractivity contribution in [3.8, 4) is 0 Å². The van der Waals surface area contributed by atoms with Gasteiger partial charge in [0.05, 0.1) is 17.2 Å². The first-order chi connectivity index (χ1) is 8.69. The Kier molecular flexibility index (Phi) is 3.47. The van der Waals surface area contributed by atoms with Crippen LogP contribution in [0, 0.1) is 0 Å². The van der Waals surface area contributed by atoms with Gasteiger partial charge in [0, 0.05) is 12.7 Å². The summed E-state index contributed by atoms with van der Waals surface area (Å²) in [5, 5.41) is 10.1. The molecule has 0 amide bonds. The molecule has 19 heavy (non-hydrogen) atoms. The lowest BCUT2D eigenvalue weighted by molar-refractivity contribution is -0.137. The molecule has 1 aliphatic heterocycles. The standard InChI is InChI=1S/C13H17F3N2O/c1-12(2,19)10-4-3-7-18(10)11-6-5-9(8-17-11)13(14,15)16/h5-6,8,10,19H,3-4,7H2,1-2H3/t10-/m1/s1. The summed E-state index contributed by atoms with van der Waals surface area (Å²) in [5.74, 6) is 0.484. The summed E-state index contributed by atoms with van der Waals surface area (Å²) >= 11 is 0. The van der Waals surface area contributed by atoms with Crippen LogP contribution < -0.4 is 4.90 Å². The van der Waals surface area contributed by atoms with E-state index < -0.39 is 17.3 Å². The average Bonchev–Trinajstić information content (AvgIpc) is 2.76. The Morgan fingerprint density at radius 1 is 1.32 bits per heavy atom. The maximum Gasteiger partial charge on any atom is 0.417 e. The van der Waals surface area contributed by atoms with Gasteiger partial charge in [-0.25, -0.2) is 4.98 Å². The average molecular weight is 274 g/mol. The first-order valence-corrected chi connectivity index (χ1v) is 6.22. The maximum absolute atomic E-state index is 12.5. The van der Waals surface area contributed by atoms with E-state index in [9.17, 15) is 18.3 Å². The van der Waals surface area contributed by atoms with Gasteiger partial charge in [-0.05, 0) is 38.8 Å². The van der Waals surface area contributed by atoms with Gasteiger partial charge < -0.3 is 10.0 Å². The predicted molar refractivity (Wildman–Crippen MR) is 65.9 cm³/mol. The van der Waals surface area contributed by atoms with Gasteiger partial charge in [0.2, 0.25) is 0 Å². The topological polar surface area (TPSA) is 36.4 Å². The maximum atomic E-state index is 12.5. The molecule has 0 aromatic carbocycles. The first-order valence-electron chi connectivity index (χ1n) is 6.22. The number of alkyl halides is 3. The van der Waals surface area contributed by atoms with Gasteiger partial charge >= 0.3 is 6.18 Å². The van der Waals surface area contributed by atoms with Crippen molar-refractivity contribution in [2.24, 2.45) is 0 Å². The van der Waals surface area contributed by atoms with Crippen molar-refractivity contribution >= 4 is 5.82 Å². The molecule has 0 radical (unpaired) electrons. The van der Waals surface area contributed by atoms with Crippen LogP contribution in [-0.4, -0.2) is 28.3 Å². The number of nitrogens with zero attached hydrogens (tertiary/aromatic N) is 2. The van der Waals surface area contributed by atoms with E-state index in [0.29, 0.717) is 12.4 Å². The molecule has 2 rings (SSSR count). The number of aromatic nitrogens is 1. The molecular formula is C13H17F3N2O. The number of halogens is 3. The molecule has 106 valence electrons. The van der Waals surface area contributed by atoms with Gasteiger partial charge in [-0.2, -0.15) is 13.2 Å². The Hall–Kier alpha value is -1.30. The molecule has 0 unspecified atom stereocenters. The second kappa shape index (κ2) is 4.67. The van der Waals surface area contributed by atoms with Crippen molar-refractivity contribution in [3.63, 3.8) is 0 Å². The molecule has 6 heteroatoms. The SMILES string of the molecule is CC(C)(O)[C@H]1CCCN1c1ccc(C(F)(F)F)cn1. The van der Waals surface area contributed by atoms with Crippen LogP contribution in [0.4, 0.5) is 19.0 Å². The highest BCUT2D eigenvalue weighted by Gasteiger charge is 2.37. The molecular weight excluding hydrogens is 257 g/mol. The van der Waals surface area contributed by atoms with Gasteiger partial charge in [0.25, 0.3) is 0 Å². The van der Waals surface area contributed by atoms with Crippen LogP contribution in [0.25, 0.3) is 0 Å². The minimum absolute atomic E-state index is 0.114. The summed E-state index contributed by atoms with van der Waals surface area (Å²) in [6.07, 6.45) is -1.81. The van der Waals surface area contributed by atoms with Gasteiger partial charge in [-0.1, -0.05) is 0 Å². The lowest BCUT2D eigenvalue weighted by Gasteiger charge is -2.34. The normalized spacial score (nSPS) is 20.9. The number of hydrogen-bond acceptors (Lipinski definition) is 3. The quantitative estimate of drug-likeness (QED) is 0.901. The molecule has 1 aromatic rings. The van der Waals surface area contributed by atoms with Crippen LogP contribution in [0.1, 0.15) is 32.3 Å². The van der Waals surface area contributed by atoms with Crippen LogP contribution in [0.5, 0.6) is 0 Å². The molecule has 1 atom stereocenters. The van der Waals surface area contributed by atoms with E-state index in [-0.39, 0.29) is 6.04 Å². The second-order valence-corrected chi connectivity index (χ2v) is 5.41. The van der Waals surface area contributed by atoms with Crippen LogP contribution in [0.2, 0.25) is 0 Å². The Morgan fingerprint density at radius 3 is 2.47 bits per heavy atom.